The monoisotopic (exact) mass is 157 g/mol. The molecule has 0 unspecified atom stereocenters. The molecule has 1 rings (SSSR count). The number of alkyl halides is 1. The minimum absolute atomic E-state index is 0.193. The van der Waals surface area contributed by atoms with E-state index in [9.17, 15) is 9.18 Å². The van der Waals surface area contributed by atoms with E-state index in [-0.39, 0.29) is 12.1 Å². The van der Waals surface area contributed by atoms with Crippen LogP contribution in [-0.2, 0) is 6.54 Å². The number of nitrogens with zero attached hydrogens (tertiary/aromatic N) is 1. The van der Waals surface area contributed by atoms with Gasteiger partial charge in [0.1, 0.15) is 6.67 Å². The number of halogens is 1. The molecule has 11 heavy (non-hydrogen) atoms. The minimum atomic E-state index is -0.984. The Labute approximate surface area is 63.1 Å². The molecule has 0 saturated carbocycles. The standard InChI is InChI=1S/C7H8FNO2/c8-2-4-9-3-1-6(5-9)7(10)11/h1,3,5H,2,4H2,(H,10,11). The Bertz CT molecular complexity index is 257. The predicted molar refractivity (Wildman–Crippen MR) is 37.4 cm³/mol. The molecule has 0 fully saturated rings. The van der Waals surface area contributed by atoms with E-state index < -0.39 is 12.6 Å². The molecule has 4 heteroatoms. The summed E-state index contributed by atoms with van der Waals surface area (Å²) in [4.78, 5) is 10.3. The lowest BCUT2D eigenvalue weighted by molar-refractivity contribution is 0.0697. The summed E-state index contributed by atoms with van der Waals surface area (Å²) in [6.07, 6.45) is 2.95. The molecule has 1 N–H and O–H groups in total. The Morgan fingerprint density at radius 3 is 2.91 bits per heavy atom. The Balaban J connectivity index is 2.73. The third-order valence-corrected chi connectivity index (χ3v) is 1.34. The van der Waals surface area contributed by atoms with Gasteiger partial charge in [0.05, 0.1) is 12.1 Å². The number of carbonyl (C=O) groups is 1. The van der Waals surface area contributed by atoms with Crippen molar-refractivity contribution in [2.24, 2.45) is 0 Å². The van der Waals surface area contributed by atoms with E-state index in [2.05, 4.69) is 0 Å². The molecular weight excluding hydrogens is 149 g/mol. The van der Waals surface area contributed by atoms with Crippen molar-refractivity contribution in [3.8, 4) is 0 Å². The van der Waals surface area contributed by atoms with Crippen LogP contribution in [0.4, 0.5) is 4.39 Å². The summed E-state index contributed by atoms with van der Waals surface area (Å²) in [5, 5.41) is 8.46. The van der Waals surface area contributed by atoms with Gasteiger partial charge >= 0.3 is 5.97 Å². The van der Waals surface area contributed by atoms with Gasteiger partial charge in [0.15, 0.2) is 0 Å². The third kappa shape index (κ3) is 1.80. The van der Waals surface area contributed by atoms with Crippen molar-refractivity contribution in [2.45, 2.75) is 6.54 Å². The van der Waals surface area contributed by atoms with Gasteiger partial charge in [-0.05, 0) is 6.07 Å². The highest BCUT2D eigenvalue weighted by Crippen LogP contribution is 2.00. The van der Waals surface area contributed by atoms with Crippen LogP contribution in [-0.4, -0.2) is 22.3 Å². The molecule has 0 spiro atoms. The zero-order valence-corrected chi connectivity index (χ0v) is 5.83. The highest BCUT2D eigenvalue weighted by Gasteiger charge is 2.02. The van der Waals surface area contributed by atoms with Gasteiger partial charge in [-0.2, -0.15) is 0 Å². The molecule has 1 aromatic heterocycles. The lowest BCUT2D eigenvalue weighted by atomic mass is 10.4. The summed E-state index contributed by atoms with van der Waals surface area (Å²) >= 11 is 0. The first-order chi connectivity index (χ1) is 5.24. The summed E-state index contributed by atoms with van der Waals surface area (Å²) in [5.41, 5.74) is 0.193. The van der Waals surface area contributed by atoms with Crippen molar-refractivity contribution in [1.82, 2.24) is 4.57 Å². The van der Waals surface area contributed by atoms with E-state index in [1.54, 1.807) is 6.20 Å². The van der Waals surface area contributed by atoms with Gasteiger partial charge in [0.25, 0.3) is 0 Å². The summed E-state index contributed by atoms with van der Waals surface area (Å²) in [6, 6.07) is 1.44. The number of aryl methyl sites for hydroxylation is 1. The number of carboxylic acid groups (broad SMARTS) is 1. The first kappa shape index (κ1) is 7.78. The van der Waals surface area contributed by atoms with E-state index in [1.165, 1.54) is 16.8 Å². The molecule has 0 aliphatic carbocycles. The van der Waals surface area contributed by atoms with Crippen LogP contribution in [0.2, 0.25) is 0 Å². The molecule has 0 radical (unpaired) electrons. The number of aromatic nitrogens is 1. The quantitative estimate of drug-likeness (QED) is 0.715. The van der Waals surface area contributed by atoms with Gasteiger partial charge in [-0.15, -0.1) is 0 Å². The highest BCUT2D eigenvalue weighted by molar-refractivity contribution is 5.87. The molecule has 0 saturated heterocycles. The zero-order valence-electron chi connectivity index (χ0n) is 5.83. The van der Waals surface area contributed by atoms with Crippen LogP contribution >= 0.6 is 0 Å². The number of aromatic carboxylic acids is 1. The second kappa shape index (κ2) is 3.18. The van der Waals surface area contributed by atoms with Crippen LogP contribution in [0.15, 0.2) is 18.5 Å². The van der Waals surface area contributed by atoms with Crippen LogP contribution in [0.25, 0.3) is 0 Å². The Morgan fingerprint density at radius 2 is 2.45 bits per heavy atom. The number of hydrogen-bond acceptors (Lipinski definition) is 1. The fourth-order valence-corrected chi connectivity index (χ4v) is 0.804. The smallest absolute Gasteiger partial charge is 0.337 e. The predicted octanol–water partition coefficient (Wildman–Crippen LogP) is 1.16. The van der Waals surface area contributed by atoms with Crippen molar-refractivity contribution in [3.63, 3.8) is 0 Å². The first-order valence-corrected chi connectivity index (χ1v) is 3.19. The van der Waals surface area contributed by atoms with Crippen LogP contribution in [0.3, 0.4) is 0 Å². The van der Waals surface area contributed by atoms with Gasteiger partial charge in [-0.25, -0.2) is 9.18 Å². The van der Waals surface area contributed by atoms with Crippen LogP contribution in [0.5, 0.6) is 0 Å². The van der Waals surface area contributed by atoms with Crippen LogP contribution < -0.4 is 0 Å². The summed E-state index contributed by atoms with van der Waals surface area (Å²) in [7, 11) is 0. The largest absolute Gasteiger partial charge is 0.478 e. The van der Waals surface area contributed by atoms with Crippen molar-refractivity contribution in [3.05, 3.63) is 24.0 Å². The van der Waals surface area contributed by atoms with E-state index >= 15 is 0 Å². The fraction of sp³-hybridized carbons (Fsp3) is 0.286. The van der Waals surface area contributed by atoms with Gasteiger partial charge in [-0.1, -0.05) is 0 Å². The molecule has 0 bridgehead atoms. The molecule has 0 aliphatic rings. The van der Waals surface area contributed by atoms with E-state index in [4.69, 9.17) is 5.11 Å². The maximum atomic E-state index is 11.7. The zero-order chi connectivity index (χ0) is 8.27. The van der Waals surface area contributed by atoms with Crippen molar-refractivity contribution >= 4 is 5.97 Å². The van der Waals surface area contributed by atoms with Crippen molar-refractivity contribution < 1.29 is 14.3 Å². The molecule has 0 aromatic carbocycles. The Morgan fingerprint density at radius 1 is 1.73 bits per heavy atom. The Kier molecular flexibility index (Phi) is 2.25. The highest BCUT2D eigenvalue weighted by atomic mass is 19.1. The number of hydrogen-bond donors (Lipinski definition) is 1. The molecule has 1 heterocycles. The molecule has 0 aliphatic heterocycles. The first-order valence-electron chi connectivity index (χ1n) is 3.19. The fourth-order valence-electron chi connectivity index (χ4n) is 0.804. The second-order valence-electron chi connectivity index (χ2n) is 2.13. The van der Waals surface area contributed by atoms with Crippen LogP contribution in [0.1, 0.15) is 10.4 Å². The minimum Gasteiger partial charge on any atom is -0.478 e. The van der Waals surface area contributed by atoms with Crippen LogP contribution in [0, 0.1) is 0 Å². The summed E-state index contributed by atoms with van der Waals surface area (Å²) in [6.45, 7) is -0.263. The average molecular weight is 157 g/mol. The molecule has 1 aromatic rings. The summed E-state index contributed by atoms with van der Waals surface area (Å²) < 4.78 is 13.2. The molecule has 60 valence electrons. The van der Waals surface area contributed by atoms with E-state index in [1.807, 2.05) is 0 Å². The molecule has 3 nitrogen and oxygen atoms in total. The average Bonchev–Trinajstić information content (AvgIpc) is 2.37. The summed E-state index contributed by atoms with van der Waals surface area (Å²) in [5.74, 6) is -0.984. The van der Waals surface area contributed by atoms with Gasteiger partial charge in [0.2, 0.25) is 0 Å². The molecule has 0 atom stereocenters. The Hall–Kier alpha value is -1.32. The normalized spacial score (nSPS) is 9.91. The second-order valence-corrected chi connectivity index (χ2v) is 2.13. The van der Waals surface area contributed by atoms with E-state index in [0.29, 0.717) is 0 Å². The molecule has 0 amide bonds. The lowest BCUT2D eigenvalue weighted by Crippen LogP contribution is -1.97. The maximum Gasteiger partial charge on any atom is 0.337 e. The van der Waals surface area contributed by atoms with Gasteiger partial charge in [0, 0.05) is 12.4 Å². The van der Waals surface area contributed by atoms with Gasteiger partial charge in [-0.3, -0.25) is 0 Å². The number of rotatable bonds is 3. The lowest BCUT2D eigenvalue weighted by Gasteiger charge is -1.94. The van der Waals surface area contributed by atoms with Crippen molar-refractivity contribution in [1.29, 1.82) is 0 Å². The van der Waals surface area contributed by atoms with Crippen molar-refractivity contribution in [2.75, 3.05) is 6.67 Å². The number of carboxylic acids is 1. The molecular formula is C7H8FNO2. The van der Waals surface area contributed by atoms with E-state index in [0.717, 1.165) is 0 Å². The topological polar surface area (TPSA) is 42.2 Å². The SMILES string of the molecule is O=C(O)c1ccn(CCF)c1. The van der Waals surface area contributed by atoms with Gasteiger partial charge < -0.3 is 9.67 Å². The third-order valence-electron chi connectivity index (χ3n) is 1.34. The maximum absolute atomic E-state index is 11.7.